The van der Waals surface area contributed by atoms with Gasteiger partial charge in [-0.1, -0.05) is 12.1 Å². The molecule has 0 aromatic carbocycles. The maximum absolute atomic E-state index is 4.47. The average molecular weight is 324 g/mol. The number of nitrogens with one attached hydrogen (secondary N) is 1. The standard InChI is InChI=1S/C13H18BrN5/c1-3-6-15-13(7-11-9-19(2)18-17-11)12-5-4-10(14)8-16-12/h4-5,8-9,13,15H,3,6-7H2,1-2H3. The molecule has 2 aromatic heterocycles. The van der Waals surface area contributed by atoms with Crippen molar-refractivity contribution in [3.05, 3.63) is 40.4 Å². The Morgan fingerprint density at radius 2 is 2.26 bits per heavy atom. The quantitative estimate of drug-likeness (QED) is 0.885. The van der Waals surface area contributed by atoms with E-state index >= 15 is 0 Å². The molecular formula is C13H18BrN5. The first-order chi connectivity index (χ1) is 9.19. The van der Waals surface area contributed by atoms with Gasteiger partial charge in [0.25, 0.3) is 0 Å². The van der Waals surface area contributed by atoms with Gasteiger partial charge < -0.3 is 5.32 Å². The average Bonchev–Trinajstić information content (AvgIpc) is 2.81. The number of aromatic nitrogens is 4. The normalized spacial score (nSPS) is 12.6. The summed E-state index contributed by atoms with van der Waals surface area (Å²) in [5.41, 5.74) is 2.00. The zero-order valence-corrected chi connectivity index (χ0v) is 12.8. The van der Waals surface area contributed by atoms with Gasteiger partial charge >= 0.3 is 0 Å². The molecule has 0 spiro atoms. The van der Waals surface area contributed by atoms with Crippen molar-refractivity contribution in [3.63, 3.8) is 0 Å². The summed E-state index contributed by atoms with van der Waals surface area (Å²) in [5, 5.41) is 11.6. The molecular weight excluding hydrogens is 306 g/mol. The summed E-state index contributed by atoms with van der Waals surface area (Å²) < 4.78 is 2.71. The lowest BCUT2D eigenvalue weighted by atomic mass is 10.1. The van der Waals surface area contributed by atoms with Crippen molar-refractivity contribution in [1.29, 1.82) is 0 Å². The first kappa shape index (κ1) is 14.1. The maximum atomic E-state index is 4.47. The van der Waals surface area contributed by atoms with E-state index in [1.807, 2.05) is 31.6 Å². The molecule has 102 valence electrons. The van der Waals surface area contributed by atoms with Crippen LogP contribution in [0, 0.1) is 0 Å². The van der Waals surface area contributed by atoms with Crippen LogP contribution in [-0.2, 0) is 13.5 Å². The van der Waals surface area contributed by atoms with E-state index in [2.05, 4.69) is 43.5 Å². The Kier molecular flexibility index (Phi) is 5.04. The lowest BCUT2D eigenvalue weighted by Crippen LogP contribution is -2.25. The number of halogens is 1. The van der Waals surface area contributed by atoms with Crippen LogP contribution in [0.5, 0.6) is 0 Å². The molecule has 0 amide bonds. The minimum atomic E-state index is 0.171. The molecule has 0 aliphatic rings. The Balaban J connectivity index is 2.13. The van der Waals surface area contributed by atoms with E-state index in [1.165, 1.54) is 0 Å². The third kappa shape index (κ3) is 4.11. The van der Waals surface area contributed by atoms with Crippen LogP contribution in [0.25, 0.3) is 0 Å². The molecule has 0 radical (unpaired) electrons. The summed E-state index contributed by atoms with van der Waals surface area (Å²) in [4.78, 5) is 4.47. The molecule has 1 atom stereocenters. The summed E-state index contributed by atoms with van der Waals surface area (Å²) in [6.07, 6.45) is 5.65. The Morgan fingerprint density at radius 3 is 2.84 bits per heavy atom. The maximum Gasteiger partial charge on any atom is 0.0846 e. The van der Waals surface area contributed by atoms with Crippen molar-refractivity contribution < 1.29 is 0 Å². The van der Waals surface area contributed by atoms with Crippen LogP contribution in [0.2, 0.25) is 0 Å². The summed E-state index contributed by atoms with van der Waals surface area (Å²) in [7, 11) is 1.88. The Morgan fingerprint density at radius 1 is 1.42 bits per heavy atom. The fourth-order valence-corrected chi connectivity index (χ4v) is 2.13. The summed E-state index contributed by atoms with van der Waals surface area (Å²) >= 11 is 3.41. The smallest absolute Gasteiger partial charge is 0.0846 e. The van der Waals surface area contributed by atoms with Gasteiger partial charge in [0, 0.05) is 30.3 Å². The second-order valence-electron chi connectivity index (χ2n) is 4.50. The molecule has 19 heavy (non-hydrogen) atoms. The van der Waals surface area contributed by atoms with Gasteiger partial charge in [0.2, 0.25) is 0 Å². The Bertz CT molecular complexity index is 508. The highest BCUT2D eigenvalue weighted by atomic mass is 79.9. The van der Waals surface area contributed by atoms with Gasteiger partial charge in [0.15, 0.2) is 0 Å². The summed E-state index contributed by atoms with van der Waals surface area (Å²) in [6.45, 7) is 3.12. The van der Waals surface area contributed by atoms with Crippen molar-refractivity contribution in [1.82, 2.24) is 25.3 Å². The second-order valence-corrected chi connectivity index (χ2v) is 5.41. The van der Waals surface area contributed by atoms with E-state index in [9.17, 15) is 0 Å². The molecule has 2 aromatic rings. The van der Waals surface area contributed by atoms with Gasteiger partial charge in [0.1, 0.15) is 0 Å². The van der Waals surface area contributed by atoms with E-state index in [1.54, 1.807) is 4.68 Å². The molecule has 0 fully saturated rings. The summed E-state index contributed by atoms with van der Waals surface area (Å²) in [6, 6.07) is 4.22. The molecule has 1 unspecified atom stereocenters. The third-order valence-corrected chi connectivity index (χ3v) is 3.28. The van der Waals surface area contributed by atoms with Crippen LogP contribution in [0.3, 0.4) is 0 Å². The van der Waals surface area contributed by atoms with Crippen LogP contribution >= 0.6 is 15.9 Å². The van der Waals surface area contributed by atoms with E-state index in [0.717, 1.165) is 35.2 Å². The fourth-order valence-electron chi connectivity index (χ4n) is 1.89. The predicted molar refractivity (Wildman–Crippen MR) is 77.7 cm³/mol. The number of hydrogen-bond donors (Lipinski definition) is 1. The van der Waals surface area contributed by atoms with Gasteiger partial charge in [-0.15, -0.1) is 5.10 Å². The number of pyridine rings is 1. The van der Waals surface area contributed by atoms with E-state index in [4.69, 9.17) is 0 Å². The van der Waals surface area contributed by atoms with Crippen molar-refractivity contribution in [3.8, 4) is 0 Å². The van der Waals surface area contributed by atoms with Crippen molar-refractivity contribution in [2.45, 2.75) is 25.8 Å². The third-order valence-electron chi connectivity index (χ3n) is 2.81. The van der Waals surface area contributed by atoms with E-state index in [0.29, 0.717) is 0 Å². The van der Waals surface area contributed by atoms with Crippen LogP contribution in [0.1, 0.15) is 30.8 Å². The van der Waals surface area contributed by atoms with Gasteiger partial charge in [-0.3, -0.25) is 9.67 Å². The Labute approximate surface area is 121 Å². The molecule has 6 heteroatoms. The zero-order valence-electron chi connectivity index (χ0n) is 11.2. The number of hydrogen-bond acceptors (Lipinski definition) is 4. The number of aryl methyl sites for hydroxylation is 1. The molecule has 0 aliphatic heterocycles. The minimum Gasteiger partial charge on any atom is -0.308 e. The summed E-state index contributed by atoms with van der Waals surface area (Å²) in [5.74, 6) is 0. The van der Waals surface area contributed by atoms with Crippen LogP contribution in [0.4, 0.5) is 0 Å². The lowest BCUT2D eigenvalue weighted by molar-refractivity contribution is 0.512. The van der Waals surface area contributed by atoms with Crippen molar-refractivity contribution in [2.75, 3.05) is 6.54 Å². The van der Waals surface area contributed by atoms with Crippen LogP contribution in [-0.4, -0.2) is 26.5 Å². The molecule has 0 saturated carbocycles. The van der Waals surface area contributed by atoms with Crippen LogP contribution in [0.15, 0.2) is 29.0 Å². The van der Waals surface area contributed by atoms with Crippen molar-refractivity contribution in [2.24, 2.45) is 7.05 Å². The van der Waals surface area contributed by atoms with Gasteiger partial charge in [-0.2, -0.15) is 0 Å². The van der Waals surface area contributed by atoms with E-state index in [-0.39, 0.29) is 6.04 Å². The highest BCUT2D eigenvalue weighted by Gasteiger charge is 2.14. The topological polar surface area (TPSA) is 55.6 Å². The molecule has 2 heterocycles. The minimum absolute atomic E-state index is 0.171. The molecule has 0 aliphatic carbocycles. The highest BCUT2D eigenvalue weighted by molar-refractivity contribution is 9.10. The molecule has 0 saturated heterocycles. The van der Waals surface area contributed by atoms with E-state index < -0.39 is 0 Å². The first-order valence-corrected chi connectivity index (χ1v) is 7.18. The monoisotopic (exact) mass is 323 g/mol. The van der Waals surface area contributed by atoms with Gasteiger partial charge in [-0.05, 0) is 41.0 Å². The largest absolute Gasteiger partial charge is 0.308 e. The lowest BCUT2D eigenvalue weighted by Gasteiger charge is -2.16. The van der Waals surface area contributed by atoms with Gasteiger partial charge in [0.05, 0.1) is 17.4 Å². The first-order valence-electron chi connectivity index (χ1n) is 6.39. The molecule has 5 nitrogen and oxygen atoms in total. The zero-order chi connectivity index (χ0) is 13.7. The Hall–Kier alpha value is -1.27. The molecule has 0 bridgehead atoms. The SMILES string of the molecule is CCCNC(Cc1cn(C)nn1)c1ccc(Br)cn1. The highest BCUT2D eigenvalue weighted by Crippen LogP contribution is 2.17. The number of rotatable bonds is 6. The second kappa shape index (κ2) is 6.77. The number of nitrogens with zero attached hydrogens (tertiary/aromatic N) is 4. The molecule has 1 N–H and O–H groups in total. The fraction of sp³-hybridized carbons (Fsp3) is 0.462. The van der Waals surface area contributed by atoms with Crippen LogP contribution < -0.4 is 5.32 Å². The molecule has 2 rings (SSSR count). The van der Waals surface area contributed by atoms with Crippen molar-refractivity contribution >= 4 is 15.9 Å². The predicted octanol–water partition coefficient (Wildman–Crippen LogP) is 2.26. The van der Waals surface area contributed by atoms with Gasteiger partial charge in [-0.25, -0.2) is 0 Å².